The van der Waals surface area contributed by atoms with Crippen molar-refractivity contribution in [2.75, 3.05) is 7.11 Å². The fourth-order valence-electron chi connectivity index (χ4n) is 1.91. The molecule has 3 aromatic rings. The molecule has 0 amide bonds. The number of methoxy groups -OCH3 is 1. The molecule has 0 fully saturated rings. The second-order valence-electron chi connectivity index (χ2n) is 3.89. The highest BCUT2D eigenvalue weighted by atomic mass is 79.9. The number of halogens is 1. The number of carbonyl (C=O) groups excluding carboxylic acids is 1. The lowest BCUT2D eigenvalue weighted by Crippen LogP contribution is -2.14. The summed E-state index contributed by atoms with van der Waals surface area (Å²) in [5, 5.41) is 1.54. The van der Waals surface area contributed by atoms with E-state index in [1.165, 1.54) is 13.2 Å². The van der Waals surface area contributed by atoms with Crippen molar-refractivity contribution in [2.24, 2.45) is 0 Å². The number of ether oxygens (including phenoxy) is 1. The summed E-state index contributed by atoms with van der Waals surface area (Å²) in [5.74, 6) is -0.692. The summed E-state index contributed by atoms with van der Waals surface area (Å²) in [7, 11) is 1.23. The summed E-state index contributed by atoms with van der Waals surface area (Å²) < 4.78 is 11.8. The van der Waals surface area contributed by atoms with Crippen LogP contribution in [0.4, 0.5) is 0 Å². The van der Waals surface area contributed by atoms with Gasteiger partial charge >= 0.3 is 11.6 Å². The van der Waals surface area contributed by atoms with Crippen LogP contribution in [0.5, 0.6) is 0 Å². The Bertz CT molecular complexity index is 862. The van der Waals surface area contributed by atoms with Crippen molar-refractivity contribution in [1.29, 1.82) is 0 Å². The number of thiophene rings is 1. The van der Waals surface area contributed by atoms with Gasteiger partial charge in [0.2, 0.25) is 0 Å². The molecule has 1 aromatic carbocycles. The zero-order chi connectivity index (χ0) is 13.6. The summed E-state index contributed by atoms with van der Waals surface area (Å²) in [5.41, 5.74) is -0.296. The SMILES string of the molecule is COC(=O)c1cc2ccc3sc(Br)cc3c2oc1=O. The molecule has 2 heterocycles. The molecule has 0 saturated heterocycles. The van der Waals surface area contributed by atoms with E-state index in [2.05, 4.69) is 20.7 Å². The van der Waals surface area contributed by atoms with Gasteiger partial charge in [-0.15, -0.1) is 11.3 Å². The number of carbonyl (C=O) groups is 1. The van der Waals surface area contributed by atoms with E-state index in [1.54, 1.807) is 11.3 Å². The van der Waals surface area contributed by atoms with Gasteiger partial charge in [-0.25, -0.2) is 9.59 Å². The summed E-state index contributed by atoms with van der Waals surface area (Å²) in [6, 6.07) is 7.13. The Kier molecular flexibility index (Phi) is 2.91. The Morgan fingerprint density at radius 2 is 2.16 bits per heavy atom. The van der Waals surface area contributed by atoms with Crippen LogP contribution < -0.4 is 5.63 Å². The van der Waals surface area contributed by atoms with Gasteiger partial charge in [0.1, 0.15) is 11.1 Å². The number of benzene rings is 1. The monoisotopic (exact) mass is 338 g/mol. The minimum Gasteiger partial charge on any atom is -0.465 e. The van der Waals surface area contributed by atoms with Crippen LogP contribution in [0.25, 0.3) is 21.1 Å². The maximum Gasteiger partial charge on any atom is 0.351 e. The van der Waals surface area contributed by atoms with Gasteiger partial charge in [0.15, 0.2) is 0 Å². The second-order valence-corrected chi connectivity index (χ2v) is 6.35. The molecule has 4 nitrogen and oxygen atoms in total. The van der Waals surface area contributed by atoms with Gasteiger partial charge in [-0.1, -0.05) is 0 Å². The predicted octanol–water partition coefficient (Wildman–Crippen LogP) is 3.56. The molecule has 0 spiro atoms. The van der Waals surface area contributed by atoms with E-state index in [-0.39, 0.29) is 5.56 Å². The molecule has 3 rings (SSSR count). The van der Waals surface area contributed by atoms with Crippen molar-refractivity contribution in [3.8, 4) is 0 Å². The largest absolute Gasteiger partial charge is 0.465 e. The first-order valence-corrected chi connectivity index (χ1v) is 6.95. The minimum absolute atomic E-state index is 0.0938. The molecule has 0 unspecified atom stereocenters. The average Bonchev–Trinajstić information content (AvgIpc) is 2.78. The van der Waals surface area contributed by atoms with Crippen LogP contribution in [-0.2, 0) is 4.74 Å². The summed E-state index contributed by atoms with van der Waals surface area (Å²) in [6.45, 7) is 0. The van der Waals surface area contributed by atoms with E-state index in [4.69, 9.17) is 4.42 Å². The topological polar surface area (TPSA) is 56.5 Å². The number of fused-ring (bicyclic) bond motifs is 3. The van der Waals surface area contributed by atoms with Crippen molar-refractivity contribution in [3.63, 3.8) is 0 Å². The zero-order valence-electron chi connectivity index (χ0n) is 9.73. The average molecular weight is 339 g/mol. The Morgan fingerprint density at radius 3 is 2.89 bits per heavy atom. The van der Waals surface area contributed by atoms with Crippen LogP contribution in [0.2, 0.25) is 0 Å². The minimum atomic E-state index is -0.692. The molecule has 6 heteroatoms. The van der Waals surface area contributed by atoms with Crippen LogP contribution in [0.3, 0.4) is 0 Å². The molecule has 2 aromatic heterocycles. The summed E-state index contributed by atoms with van der Waals surface area (Å²) in [6.07, 6.45) is 0. The van der Waals surface area contributed by atoms with Gasteiger partial charge in [0.05, 0.1) is 10.9 Å². The van der Waals surface area contributed by atoms with Crippen molar-refractivity contribution < 1.29 is 13.9 Å². The lowest BCUT2D eigenvalue weighted by Gasteiger charge is -2.01. The van der Waals surface area contributed by atoms with Crippen LogP contribution in [0.1, 0.15) is 10.4 Å². The Morgan fingerprint density at radius 1 is 1.37 bits per heavy atom. The fourth-order valence-corrected chi connectivity index (χ4v) is 3.45. The molecule has 0 aliphatic heterocycles. The zero-order valence-corrected chi connectivity index (χ0v) is 12.1. The van der Waals surface area contributed by atoms with Crippen LogP contribution >= 0.6 is 27.3 Å². The molecule has 0 saturated carbocycles. The van der Waals surface area contributed by atoms with Gasteiger partial charge in [0.25, 0.3) is 0 Å². The highest BCUT2D eigenvalue weighted by Crippen LogP contribution is 2.34. The van der Waals surface area contributed by atoms with Crippen molar-refractivity contribution >= 4 is 54.3 Å². The number of hydrogen-bond donors (Lipinski definition) is 0. The third kappa shape index (κ3) is 1.97. The first-order chi connectivity index (χ1) is 9.10. The Hall–Kier alpha value is -1.66. The lowest BCUT2D eigenvalue weighted by atomic mass is 10.1. The number of hydrogen-bond acceptors (Lipinski definition) is 5. The van der Waals surface area contributed by atoms with Gasteiger partial charge in [-0.3, -0.25) is 0 Å². The predicted molar refractivity (Wildman–Crippen MR) is 76.9 cm³/mol. The fraction of sp³-hybridized carbons (Fsp3) is 0.0769. The molecule has 0 aliphatic rings. The van der Waals surface area contributed by atoms with E-state index < -0.39 is 11.6 Å². The van der Waals surface area contributed by atoms with Gasteiger partial charge < -0.3 is 9.15 Å². The van der Waals surface area contributed by atoms with Crippen molar-refractivity contribution in [1.82, 2.24) is 0 Å². The van der Waals surface area contributed by atoms with E-state index >= 15 is 0 Å². The molecule has 19 heavy (non-hydrogen) atoms. The second kappa shape index (κ2) is 4.47. The van der Waals surface area contributed by atoms with Crippen molar-refractivity contribution in [3.05, 3.63) is 44.0 Å². The van der Waals surface area contributed by atoms with E-state index in [0.717, 1.165) is 13.9 Å². The molecule has 0 aliphatic carbocycles. The number of rotatable bonds is 1. The third-order valence-corrected chi connectivity index (χ3v) is 4.37. The third-order valence-electron chi connectivity index (χ3n) is 2.77. The maximum atomic E-state index is 11.8. The van der Waals surface area contributed by atoms with Gasteiger partial charge in [-0.05, 0) is 40.2 Å². The molecule has 0 radical (unpaired) electrons. The molecular weight excluding hydrogens is 332 g/mol. The Labute approximate surface area is 119 Å². The van der Waals surface area contributed by atoms with Gasteiger partial charge in [-0.2, -0.15) is 0 Å². The maximum absolute atomic E-state index is 11.8. The lowest BCUT2D eigenvalue weighted by molar-refractivity contribution is 0.0596. The molecule has 0 bridgehead atoms. The standard InChI is InChI=1S/C13H7BrO4S/c1-17-12(15)8-4-6-2-3-9-7(5-10(14)19-9)11(6)18-13(8)16/h2-5H,1H3. The van der Waals surface area contributed by atoms with E-state index in [1.807, 2.05) is 18.2 Å². The first-order valence-electron chi connectivity index (χ1n) is 5.34. The molecule has 96 valence electrons. The van der Waals surface area contributed by atoms with E-state index in [0.29, 0.717) is 11.0 Å². The van der Waals surface area contributed by atoms with Crippen LogP contribution in [0, 0.1) is 0 Å². The summed E-state index contributed by atoms with van der Waals surface area (Å²) >= 11 is 4.95. The van der Waals surface area contributed by atoms with Gasteiger partial charge in [0, 0.05) is 15.5 Å². The molecule has 0 atom stereocenters. The van der Waals surface area contributed by atoms with Crippen molar-refractivity contribution in [2.45, 2.75) is 0 Å². The first kappa shape index (κ1) is 12.4. The Balaban J connectivity index is 2.40. The quantitative estimate of drug-likeness (QED) is 0.502. The molecular formula is C13H7BrO4S. The number of esters is 1. The molecule has 0 N–H and O–H groups in total. The highest BCUT2D eigenvalue weighted by molar-refractivity contribution is 9.11. The smallest absolute Gasteiger partial charge is 0.351 e. The van der Waals surface area contributed by atoms with E-state index in [9.17, 15) is 9.59 Å². The van der Waals surface area contributed by atoms with Crippen LogP contribution in [0.15, 0.2) is 37.3 Å². The highest BCUT2D eigenvalue weighted by Gasteiger charge is 2.15. The normalized spacial score (nSPS) is 11.1. The summed E-state index contributed by atoms with van der Waals surface area (Å²) in [4.78, 5) is 23.3. The van der Waals surface area contributed by atoms with Crippen LogP contribution in [-0.4, -0.2) is 13.1 Å².